The van der Waals surface area contributed by atoms with Crippen LogP contribution in [0, 0.1) is 0 Å². The van der Waals surface area contributed by atoms with Gasteiger partial charge in [-0.2, -0.15) is 17.7 Å². The zero-order valence-corrected chi connectivity index (χ0v) is 11.7. The van der Waals surface area contributed by atoms with Crippen molar-refractivity contribution < 1.29 is 23.0 Å². The van der Waals surface area contributed by atoms with Crippen LogP contribution in [0.1, 0.15) is 12.7 Å². The second-order valence-electron chi connectivity index (χ2n) is 5.12. The van der Waals surface area contributed by atoms with E-state index < -0.39 is 18.1 Å². The van der Waals surface area contributed by atoms with Crippen LogP contribution in [0.2, 0.25) is 0 Å². The minimum Gasteiger partial charge on any atom is -0.394 e. The Morgan fingerprint density at radius 1 is 1.36 bits per heavy atom. The third-order valence-corrected chi connectivity index (χ3v) is 3.51. The molecule has 10 heteroatoms. The summed E-state index contributed by atoms with van der Waals surface area (Å²) in [5.74, 6) is -0.809. The molecule has 0 aliphatic carbocycles. The van der Waals surface area contributed by atoms with Gasteiger partial charge in [0.25, 0.3) is 5.82 Å². The van der Waals surface area contributed by atoms with Crippen molar-refractivity contribution in [2.45, 2.75) is 25.2 Å². The second-order valence-corrected chi connectivity index (χ2v) is 5.12. The van der Waals surface area contributed by atoms with Crippen molar-refractivity contribution in [3.8, 4) is 0 Å². The van der Waals surface area contributed by atoms with Gasteiger partial charge >= 0.3 is 6.18 Å². The third-order valence-electron chi connectivity index (χ3n) is 3.51. The molecule has 1 fully saturated rings. The number of alkyl halides is 3. The summed E-state index contributed by atoms with van der Waals surface area (Å²) in [5.41, 5.74) is 0.0238. The van der Waals surface area contributed by atoms with Crippen LogP contribution < -0.4 is 4.90 Å². The largest absolute Gasteiger partial charge is 0.453 e. The Morgan fingerprint density at radius 2 is 2.14 bits per heavy atom. The van der Waals surface area contributed by atoms with E-state index in [9.17, 15) is 18.3 Å². The van der Waals surface area contributed by atoms with E-state index in [1.807, 2.05) is 6.92 Å². The maximum Gasteiger partial charge on any atom is 0.453 e. The second kappa shape index (κ2) is 5.36. The number of rotatable bonds is 2. The maximum atomic E-state index is 12.9. The monoisotopic (exact) mass is 317 g/mol. The zero-order chi connectivity index (χ0) is 15.9. The number of aliphatic hydroxyl groups excluding tert-OH is 1. The van der Waals surface area contributed by atoms with Crippen LogP contribution in [-0.4, -0.2) is 56.8 Å². The molecule has 2 unspecified atom stereocenters. The number of aromatic nitrogens is 4. The third kappa shape index (κ3) is 2.59. The van der Waals surface area contributed by atoms with Crippen molar-refractivity contribution in [1.29, 1.82) is 0 Å². The van der Waals surface area contributed by atoms with Gasteiger partial charge in [0.2, 0.25) is 0 Å². The van der Waals surface area contributed by atoms with E-state index in [4.69, 9.17) is 4.74 Å². The summed E-state index contributed by atoms with van der Waals surface area (Å²) in [6, 6.07) is 2.94. The average molecular weight is 317 g/mol. The summed E-state index contributed by atoms with van der Waals surface area (Å²) in [5, 5.41) is 19.8. The first-order chi connectivity index (χ1) is 10.4. The molecular formula is C12H14F3N5O2. The van der Waals surface area contributed by atoms with Crippen LogP contribution in [0.4, 0.5) is 19.0 Å². The number of ether oxygens (including phenoxy) is 1. The quantitative estimate of drug-likeness (QED) is 0.880. The summed E-state index contributed by atoms with van der Waals surface area (Å²) in [6.45, 7) is 2.42. The molecule has 1 aliphatic heterocycles. The van der Waals surface area contributed by atoms with Crippen molar-refractivity contribution in [2.75, 3.05) is 24.7 Å². The summed E-state index contributed by atoms with van der Waals surface area (Å²) < 4.78 is 44.8. The van der Waals surface area contributed by atoms with Crippen LogP contribution in [0.3, 0.4) is 0 Å². The van der Waals surface area contributed by atoms with Crippen molar-refractivity contribution in [2.24, 2.45) is 0 Å². The molecule has 22 heavy (non-hydrogen) atoms. The first-order valence-electron chi connectivity index (χ1n) is 6.69. The number of hydrogen-bond donors (Lipinski definition) is 1. The van der Waals surface area contributed by atoms with Crippen LogP contribution >= 0.6 is 0 Å². The lowest BCUT2D eigenvalue weighted by atomic mass is 10.2. The first-order valence-corrected chi connectivity index (χ1v) is 6.69. The molecule has 0 bridgehead atoms. The molecule has 0 aromatic carbocycles. The van der Waals surface area contributed by atoms with Crippen molar-refractivity contribution in [3.05, 3.63) is 18.0 Å². The van der Waals surface area contributed by atoms with E-state index in [1.165, 1.54) is 6.07 Å². The lowest BCUT2D eigenvalue weighted by Crippen LogP contribution is -2.50. The molecule has 0 spiro atoms. The van der Waals surface area contributed by atoms with E-state index in [1.54, 1.807) is 11.0 Å². The van der Waals surface area contributed by atoms with Crippen molar-refractivity contribution in [3.63, 3.8) is 0 Å². The molecule has 3 heterocycles. The molecule has 0 radical (unpaired) electrons. The molecule has 3 rings (SSSR count). The Kier molecular flexibility index (Phi) is 3.65. The summed E-state index contributed by atoms with van der Waals surface area (Å²) in [7, 11) is 0. The molecule has 120 valence electrons. The Morgan fingerprint density at radius 3 is 2.82 bits per heavy atom. The number of morpholine rings is 1. The first kappa shape index (κ1) is 15.0. The van der Waals surface area contributed by atoms with Gasteiger partial charge in [-0.25, -0.2) is 0 Å². The van der Waals surface area contributed by atoms with Gasteiger partial charge in [0.05, 0.1) is 25.4 Å². The maximum absolute atomic E-state index is 12.9. The summed E-state index contributed by atoms with van der Waals surface area (Å²) in [4.78, 5) is 1.80. The Hall–Kier alpha value is -1.94. The number of fused-ring (bicyclic) bond motifs is 1. The van der Waals surface area contributed by atoms with Crippen LogP contribution in [-0.2, 0) is 10.9 Å². The lowest BCUT2D eigenvalue weighted by Gasteiger charge is -2.38. The Bertz CT molecular complexity index is 674. The molecule has 0 saturated carbocycles. The van der Waals surface area contributed by atoms with Gasteiger partial charge < -0.3 is 14.7 Å². The molecule has 1 saturated heterocycles. The van der Waals surface area contributed by atoms with Crippen LogP contribution in [0.15, 0.2) is 12.1 Å². The number of anilines is 1. The van der Waals surface area contributed by atoms with Crippen LogP contribution in [0.5, 0.6) is 0 Å². The molecule has 7 nitrogen and oxygen atoms in total. The average Bonchev–Trinajstić information content (AvgIpc) is 2.90. The molecule has 1 aliphatic rings. The summed E-state index contributed by atoms with van der Waals surface area (Å²) >= 11 is 0. The topological polar surface area (TPSA) is 75.8 Å². The summed E-state index contributed by atoms with van der Waals surface area (Å²) in [6.07, 6.45) is -5.02. The zero-order valence-electron chi connectivity index (χ0n) is 11.7. The van der Waals surface area contributed by atoms with Crippen molar-refractivity contribution >= 4 is 11.5 Å². The highest BCUT2D eigenvalue weighted by Crippen LogP contribution is 2.28. The highest BCUT2D eigenvalue weighted by atomic mass is 19.4. The fourth-order valence-electron chi connectivity index (χ4n) is 2.36. The number of aliphatic hydroxyl groups is 1. The van der Waals surface area contributed by atoms with E-state index >= 15 is 0 Å². The fourth-order valence-corrected chi connectivity index (χ4v) is 2.36. The van der Waals surface area contributed by atoms with E-state index in [0.717, 1.165) is 0 Å². The number of halogens is 3. The molecule has 0 amide bonds. The molecule has 2 aromatic heterocycles. The molecular weight excluding hydrogens is 303 g/mol. The SMILES string of the molecule is CC1COC(CO)CN1c1ccc2nnc(C(F)(F)F)n2n1. The number of nitrogens with zero attached hydrogens (tertiary/aromatic N) is 5. The predicted molar refractivity (Wildman–Crippen MR) is 69.4 cm³/mol. The highest BCUT2D eigenvalue weighted by molar-refractivity contribution is 5.47. The van der Waals surface area contributed by atoms with E-state index in [2.05, 4.69) is 15.3 Å². The van der Waals surface area contributed by atoms with Gasteiger partial charge in [0.1, 0.15) is 5.82 Å². The van der Waals surface area contributed by atoms with Gasteiger partial charge in [-0.05, 0) is 19.1 Å². The van der Waals surface area contributed by atoms with Gasteiger partial charge in [-0.15, -0.1) is 15.3 Å². The molecule has 1 N–H and O–H groups in total. The van der Waals surface area contributed by atoms with E-state index in [0.29, 0.717) is 23.5 Å². The Labute approximate surface area is 123 Å². The van der Waals surface area contributed by atoms with Gasteiger partial charge in [0.15, 0.2) is 5.65 Å². The van der Waals surface area contributed by atoms with Gasteiger partial charge in [0, 0.05) is 6.54 Å². The standard InChI is InChI=1S/C12H14F3N5O2/c1-7-6-22-8(5-21)4-19(7)10-3-2-9-16-17-11(12(13,14)15)20(9)18-10/h2-3,7-8,21H,4-6H2,1H3. The normalized spacial score (nSPS) is 23.2. The van der Waals surface area contributed by atoms with Crippen LogP contribution in [0.25, 0.3) is 5.65 Å². The molecule has 2 atom stereocenters. The molecule has 2 aromatic rings. The predicted octanol–water partition coefficient (Wildman–Crippen LogP) is 0.729. The lowest BCUT2D eigenvalue weighted by molar-refractivity contribution is -0.146. The smallest absolute Gasteiger partial charge is 0.394 e. The van der Waals surface area contributed by atoms with E-state index in [-0.39, 0.29) is 18.3 Å². The minimum atomic E-state index is -4.63. The van der Waals surface area contributed by atoms with Gasteiger partial charge in [-0.1, -0.05) is 0 Å². The highest BCUT2D eigenvalue weighted by Gasteiger charge is 2.38. The Balaban J connectivity index is 2.00. The van der Waals surface area contributed by atoms with Gasteiger partial charge in [-0.3, -0.25) is 0 Å². The van der Waals surface area contributed by atoms with Crippen molar-refractivity contribution in [1.82, 2.24) is 19.8 Å². The minimum absolute atomic E-state index is 0.0238. The number of hydrogen-bond acceptors (Lipinski definition) is 6. The fraction of sp³-hybridized carbons (Fsp3) is 0.583.